The van der Waals surface area contributed by atoms with E-state index in [0.717, 1.165) is 4.90 Å². The molecule has 2 atom stereocenters. The van der Waals surface area contributed by atoms with Gasteiger partial charge in [0, 0.05) is 88.2 Å². The van der Waals surface area contributed by atoms with Gasteiger partial charge in [-0.3, -0.25) is 39.0 Å². The highest BCUT2D eigenvalue weighted by Gasteiger charge is 2.44. The van der Waals surface area contributed by atoms with Crippen molar-refractivity contribution in [3.05, 3.63) is 82.4 Å². The summed E-state index contributed by atoms with van der Waals surface area (Å²) in [5, 5.41) is 15.2. The third-order valence-electron chi connectivity index (χ3n) is 11.6. The number of hydrogen-bond donors (Lipinski definition) is 3. The third kappa shape index (κ3) is 10.5. The summed E-state index contributed by atoms with van der Waals surface area (Å²) in [6.45, 7) is 6.15. The summed E-state index contributed by atoms with van der Waals surface area (Å²) in [6, 6.07) is 4.88. The standard InChI is InChI=1S/C45H49ClF2N8O10/c1-3-36(59)54-12-14-55(15-13-54)41-31-24-32(46)38(30-22-26(25-57)4-7-33(30)47)39(48)40(31)51-45(52-41)49-11-10-37(60)53(2)16-17-64-18-19-65-20-21-66-27-5-6-28-29(23-27)44(63)56(43(28)62)34-8-9-35(58)50-42(34)61/h3-7,23-24,26,34,57H,1,8-22,25H2,2H3,(H,49,51,52)(H,50,58,61). The van der Waals surface area contributed by atoms with Crippen molar-refractivity contribution in [1.82, 2.24) is 30.0 Å². The Morgan fingerprint density at radius 1 is 1.02 bits per heavy atom. The number of carbonyl (C=O) groups excluding carboxylic acids is 6. The van der Waals surface area contributed by atoms with Crippen molar-refractivity contribution in [2.75, 3.05) is 96.2 Å². The molecule has 1 aliphatic carbocycles. The number of anilines is 2. The van der Waals surface area contributed by atoms with Crippen LogP contribution in [0.25, 0.3) is 16.5 Å². The van der Waals surface area contributed by atoms with Crippen molar-refractivity contribution in [2.45, 2.75) is 31.7 Å². The normalized spacial score (nSPS) is 18.5. The van der Waals surface area contributed by atoms with Crippen LogP contribution < -0.4 is 20.3 Å². The lowest BCUT2D eigenvalue weighted by molar-refractivity contribution is -0.136. The number of likely N-dealkylation sites (N-methyl/N-ethyl adjacent to an activating group) is 1. The lowest BCUT2D eigenvalue weighted by Crippen LogP contribution is -2.54. The maximum absolute atomic E-state index is 16.6. The molecule has 21 heteroatoms. The first-order chi connectivity index (χ1) is 31.8. The maximum Gasteiger partial charge on any atom is 0.262 e. The van der Waals surface area contributed by atoms with Crippen LogP contribution in [0.4, 0.5) is 20.5 Å². The van der Waals surface area contributed by atoms with Crippen LogP contribution in [0, 0.1) is 11.7 Å². The predicted octanol–water partition coefficient (Wildman–Crippen LogP) is 3.28. The molecule has 350 valence electrons. The number of aromatic nitrogens is 2. The molecule has 2 unspecified atom stereocenters. The average Bonchev–Trinajstić information content (AvgIpc) is 3.55. The van der Waals surface area contributed by atoms with E-state index in [9.17, 15) is 33.9 Å². The van der Waals surface area contributed by atoms with Gasteiger partial charge >= 0.3 is 0 Å². The largest absolute Gasteiger partial charge is 0.491 e. The minimum atomic E-state index is -1.06. The predicted molar refractivity (Wildman–Crippen MR) is 237 cm³/mol. The topological polar surface area (TPSA) is 213 Å². The number of aliphatic hydroxyl groups excluding tert-OH is 1. The summed E-state index contributed by atoms with van der Waals surface area (Å²) in [4.78, 5) is 90.1. The van der Waals surface area contributed by atoms with Crippen LogP contribution in [0.5, 0.6) is 5.75 Å². The number of piperazine rings is 1. The first-order valence-corrected chi connectivity index (χ1v) is 21.8. The molecule has 0 saturated carbocycles. The van der Waals surface area contributed by atoms with Gasteiger partial charge in [0.15, 0.2) is 5.82 Å². The fraction of sp³-hybridized carbons (Fsp3) is 0.422. The number of amides is 6. The average molecular weight is 935 g/mol. The molecule has 4 heterocycles. The fourth-order valence-electron chi connectivity index (χ4n) is 8.02. The van der Waals surface area contributed by atoms with E-state index in [1.807, 2.05) is 4.90 Å². The maximum atomic E-state index is 16.6. The number of halogens is 3. The van der Waals surface area contributed by atoms with Gasteiger partial charge in [0.25, 0.3) is 11.8 Å². The number of hydrogen-bond acceptors (Lipinski definition) is 14. The molecule has 7 rings (SSSR count). The monoisotopic (exact) mass is 934 g/mol. The second-order valence-corrected chi connectivity index (χ2v) is 16.3. The number of nitrogens with one attached hydrogen (secondary N) is 2. The van der Waals surface area contributed by atoms with Crippen molar-refractivity contribution in [2.24, 2.45) is 5.92 Å². The van der Waals surface area contributed by atoms with Gasteiger partial charge in [-0.2, -0.15) is 4.98 Å². The summed E-state index contributed by atoms with van der Waals surface area (Å²) in [6.07, 6.45) is 4.10. The Kier molecular flexibility index (Phi) is 15.4. The van der Waals surface area contributed by atoms with Gasteiger partial charge in [-0.05, 0) is 49.3 Å². The van der Waals surface area contributed by atoms with E-state index in [-0.39, 0.29) is 134 Å². The summed E-state index contributed by atoms with van der Waals surface area (Å²) in [7, 11) is 1.63. The molecule has 3 aromatic rings. The van der Waals surface area contributed by atoms with Crippen molar-refractivity contribution in [3.63, 3.8) is 0 Å². The van der Waals surface area contributed by atoms with Crippen LogP contribution in [0.1, 0.15) is 52.0 Å². The van der Waals surface area contributed by atoms with Gasteiger partial charge in [-0.25, -0.2) is 13.8 Å². The van der Waals surface area contributed by atoms with E-state index in [4.69, 9.17) is 25.8 Å². The molecule has 2 aromatic carbocycles. The molecule has 3 aliphatic heterocycles. The van der Waals surface area contributed by atoms with Crippen LogP contribution >= 0.6 is 11.6 Å². The number of aliphatic hydroxyl groups is 1. The Bertz CT molecular complexity index is 2500. The van der Waals surface area contributed by atoms with Crippen LogP contribution in [0.2, 0.25) is 5.02 Å². The number of fused-ring (bicyclic) bond motifs is 2. The number of benzene rings is 2. The molecule has 2 saturated heterocycles. The summed E-state index contributed by atoms with van der Waals surface area (Å²) < 4.78 is 48.6. The number of nitrogens with zero attached hydrogens (tertiary/aromatic N) is 6. The van der Waals surface area contributed by atoms with E-state index >= 15 is 8.78 Å². The van der Waals surface area contributed by atoms with E-state index in [1.54, 1.807) is 18.0 Å². The van der Waals surface area contributed by atoms with Gasteiger partial charge in [-0.15, -0.1) is 0 Å². The molecular weight excluding hydrogens is 886 g/mol. The second kappa shape index (κ2) is 21.3. The summed E-state index contributed by atoms with van der Waals surface area (Å²) in [5.41, 5.74) is -0.00232. The van der Waals surface area contributed by atoms with E-state index in [1.165, 1.54) is 41.3 Å². The first kappa shape index (κ1) is 47.6. The van der Waals surface area contributed by atoms with Crippen LogP contribution in [0.15, 0.2) is 54.9 Å². The van der Waals surface area contributed by atoms with Crippen LogP contribution in [0.3, 0.4) is 0 Å². The quantitative estimate of drug-likeness (QED) is 0.0895. The molecule has 66 heavy (non-hydrogen) atoms. The van der Waals surface area contributed by atoms with Crippen molar-refractivity contribution in [1.29, 1.82) is 0 Å². The van der Waals surface area contributed by atoms with Gasteiger partial charge in [0.2, 0.25) is 29.6 Å². The molecule has 1 aromatic heterocycles. The first-order valence-electron chi connectivity index (χ1n) is 21.4. The number of carbonyl (C=O) groups is 6. The van der Waals surface area contributed by atoms with Gasteiger partial charge in [0.1, 0.15) is 35.6 Å². The Morgan fingerprint density at radius 3 is 2.47 bits per heavy atom. The van der Waals surface area contributed by atoms with E-state index in [2.05, 4.69) is 27.2 Å². The smallest absolute Gasteiger partial charge is 0.262 e. The molecule has 2 fully saturated rings. The minimum Gasteiger partial charge on any atom is -0.491 e. The zero-order valence-corrected chi connectivity index (χ0v) is 36.9. The minimum absolute atomic E-state index is 0.0138. The Balaban J connectivity index is 0.864. The lowest BCUT2D eigenvalue weighted by Gasteiger charge is -2.35. The van der Waals surface area contributed by atoms with Gasteiger partial charge in [-0.1, -0.05) is 24.3 Å². The number of imide groups is 2. The number of ether oxygens (including phenoxy) is 3. The molecular formula is C45H49ClF2N8O10. The van der Waals surface area contributed by atoms with E-state index < -0.39 is 47.2 Å². The molecule has 4 aliphatic rings. The van der Waals surface area contributed by atoms with Gasteiger partial charge < -0.3 is 39.3 Å². The second-order valence-electron chi connectivity index (χ2n) is 15.9. The molecule has 0 radical (unpaired) electrons. The SMILES string of the molecule is C=CC(=O)N1CCN(c2nc(NCCC(=O)N(C)CCOCCOCCOc3ccc4c(c3)C(=O)N(C3CCC(=O)NC3=O)C4=O)nc3c(F)c(C4=C(F)C=CC(CO)C4)c(Cl)cc23)CC1. The number of piperidine rings is 1. The van der Waals surface area contributed by atoms with Gasteiger partial charge in [0.05, 0.1) is 42.6 Å². The highest BCUT2D eigenvalue weighted by molar-refractivity contribution is 6.33. The van der Waals surface area contributed by atoms with Crippen LogP contribution in [-0.4, -0.2) is 157 Å². The highest BCUT2D eigenvalue weighted by atomic mass is 35.5. The van der Waals surface area contributed by atoms with Crippen molar-refractivity contribution < 1.29 is 56.9 Å². The lowest BCUT2D eigenvalue weighted by atomic mass is 9.89. The third-order valence-corrected chi connectivity index (χ3v) is 11.9. The highest BCUT2D eigenvalue weighted by Crippen LogP contribution is 2.41. The Labute approximate surface area is 383 Å². The number of rotatable bonds is 19. The molecule has 18 nitrogen and oxygen atoms in total. The molecule has 0 bridgehead atoms. The van der Waals surface area contributed by atoms with Crippen molar-refractivity contribution >= 4 is 75.3 Å². The zero-order valence-electron chi connectivity index (χ0n) is 36.2. The Hall–Kier alpha value is -6.35. The molecule has 0 spiro atoms. The Morgan fingerprint density at radius 2 is 1.74 bits per heavy atom. The fourth-order valence-corrected chi connectivity index (χ4v) is 8.32. The zero-order chi connectivity index (χ0) is 47.1. The number of allylic oxidation sites excluding steroid dienone is 3. The molecule has 3 N–H and O–H groups in total. The van der Waals surface area contributed by atoms with Crippen LogP contribution in [-0.2, 0) is 28.7 Å². The van der Waals surface area contributed by atoms with Crippen molar-refractivity contribution in [3.8, 4) is 5.75 Å². The molecule has 6 amide bonds. The summed E-state index contributed by atoms with van der Waals surface area (Å²) in [5.74, 6) is -4.03. The van der Waals surface area contributed by atoms with E-state index in [0.29, 0.717) is 37.7 Å². The summed E-state index contributed by atoms with van der Waals surface area (Å²) >= 11 is 6.65.